The fraction of sp³-hybridized carbons (Fsp3) is 0.765. The summed E-state index contributed by atoms with van der Waals surface area (Å²) in [6.45, 7) is 7.02. The number of likely N-dealkylation sites (N-methyl/N-ethyl adjacent to an activating group) is 1. The van der Waals surface area contributed by atoms with Crippen LogP contribution in [0.15, 0.2) is 0 Å². The molecule has 1 aromatic rings. The molecule has 0 aromatic carbocycles. The molecule has 5 heteroatoms. The van der Waals surface area contributed by atoms with Crippen molar-refractivity contribution in [2.24, 2.45) is 0 Å². The molecule has 1 aromatic heterocycles. The molecular formula is C17H28N2O2S. The Hall–Kier alpha value is -0.940. The van der Waals surface area contributed by atoms with Crippen molar-refractivity contribution in [1.29, 1.82) is 0 Å². The molecule has 0 aliphatic heterocycles. The molecule has 2 rings (SSSR count). The lowest BCUT2D eigenvalue weighted by molar-refractivity contribution is 0.0699. The first-order chi connectivity index (χ1) is 10.3. The Labute approximate surface area is 137 Å². The minimum atomic E-state index is -0.852. The molecule has 4 nitrogen and oxygen atoms in total. The van der Waals surface area contributed by atoms with Crippen LogP contribution in [0.2, 0.25) is 0 Å². The number of thiazole rings is 1. The Morgan fingerprint density at radius 3 is 2.45 bits per heavy atom. The van der Waals surface area contributed by atoms with Gasteiger partial charge >= 0.3 is 5.97 Å². The molecular weight excluding hydrogens is 296 g/mol. The summed E-state index contributed by atoms with van der Waals surface area (Å²) in [5.74, 6) is -0.852. The van der Waals surface area contributed by atoms with Crippen LogP contribution in [-0.2, 0) is 11.8 Å². The van der Waals surface area contributed by atoms with Crippen molar-refractivity contribution in [3.8, 4) is 0 Å². The van der Waals surface area contributed by atoms with Crippen molar-refractivity contribution in [2.75, 3.05) is 13.6 Å². The normalized spacial score (nSPS) is 17.1. The van der Waals surface area contributed by atoms with Gasteiger partial charge in [0.05, 0.1) is 10.7 Å². The van der Waals surface area contributed by atoms with Crippen LogP contribution in [0.5, 0.6) is 0 Å². The summed E-state index contributed by atoms with van der Waals surface area (Å²) in [6, 6.07) is 0.690. The van der Waals surface area contributed by atoms with Crippen LogP contribution in [0.3, 0.4) is 0 Å². The van der Waals surface area contributed by atoms with Crippen molar-refractivity contribution in [3.63, 3.8) is 0 Å². The molecule has 0 bridgehead atoms. The van der Waals surface area contributed by atoms with E-state index in [1.54, 1.807) is 0 Å². The Kier molecular flexibility index (Phi) is 5.61. The Morgan fingerprint density at radius 2 is 1.95 bits per heavy atom. The van der Waals surface area contributed by atoms with Gasteiger partial charge in [-0.3, -0.25) is 0 Å². The van der Waals surface area contributed by atoms with Crippen LogP contribution in [0.25, 0.3) is 0 Å². The number of aromatic carboxylic acids is 1. The number of carbonyl (C=O) groups is 1. The Morgan fingerprint density at radius 1 is 1.32 bits per heavy atom. The van der Waals surface area contributed by atoms with Crippen LogP contribution >= 0.6 is 11.3 Å². The molecule has 22 heavy (non-hydrogen) atoms. The summed E-state index contributed by atoms with van der Waals surface area (Å²) in [4.78, 5) is 18.9. The summed E-state index contributed by atoms with van der Waals surface area (Å²) in [6.07, 6.45) is 7.47. The van der Waals surface area contributed by atoms with E-state index in [1.807, 2.05) is 20.8 Å². The number of nitrogens with zero attached hydrogens (tertiary/aromatic N) is 2. The minimum Gasteiger partial charge on any atom is -0.477 e. The maximum absolute atomic E-state index is 11.4. The number of rotatable bonds is 5. The van der Waals surface area contributed by atoms with E-state index in [-0.39, 0.29) is 5.41 Å². The van der Waals surface area contributed by atoms with E-state index in [0.29, 0.717) is 10.9 Å². The molecule has 1 aliphatic rings. The first kappa shape index (κ1) is 17.4. The quantitative estimate of drug-likeness (QED) is 0.891. The van der Waals surface area contributed by atoms with Gasteiger partial charge in [-0.1, -0.05) is 40.0 Å². The predicted molar refractivity (Wildman–Crippen MR) is 91.0 cm³/mol. The lowest BCUT2D eigenvalue weighted by Crippen LogP contribution is -2.34. The topological polar surface area (TPSA) is 53.4 Å². The number of carboxylic acids is 1. The van der Waals surface area contributed by atoms with Gasteiger partial charge in [0.25, 0.3) is 0 Å². The summed E-state index contributed by atoms with van der Waals surface area (Å²) in [7, 11) is 2.19. The fourth-order valence-electron chi connectivity index (χ4n) is 3.10. The van der Waals surface area contributed by atoms with Crippen molar-refractivity contribution in [1.82, 2.24) is 9.88 Å². The molecule has 0 amide bonds. The van der Waals surface area contributed by atoms with E-state index in [9.17, 15) is 9.90 Å². The van der Waals surface area contributed by atoms with Crippen molar-refractivity contribution >= 4 is 17.3 Å². The van der Waals surface area contributed by atoms with Crippen molar-refractivity contribution in [2.45, 2.75) is 70.8 Å². The maximum atomic E-state index is 11.4. The van der Waals surface area contributed by atoms with Crippen molar-refractivity contribution < 1.29 is 9.90 Å². The summed E-state index contributed by atoms with van der Waals surface area (Å²) < 4.78 is 0. The average molecular weight is 324 g/mol. The van der Waals surface area contributed by atoms with Crippen molar-refractivity contribution in [3.05, 3.63) is 15.6 Å². The molecule has 1 heterocycles. The molecule has 1 saturated carbocycles. The second-order valence-electron chi connectivity index (χ2n) is 7.36. The van der Waals surface area contributed by atoms with E-state index >= 15 is 0 Å². The summed E-state index contributed by atoms with van der Waals surface area (Å²) >= 11 is 1.35. The van der Waals surface area contributed by atoms with Gasteiger partial charge in [0.2, 0.25) is 0 Å². The zero-order valence-corrected chi connectivity index (χ0v) is 15.0. The molecule has 0 atom stereocenters. The first-order valence-electron chi connectivity index (χ1n) is 8.22. The van der Waals surface area contributed by atoms with Crippen LogP contribution in [0, 0.1) is 0 Å². The highest BCUT2D eigenvalue weighted by Crippen LogP contribution is 2.30. The Balaban J connectivity index is 2.02. The largest absolute Gasteiger partial charge is 0.477 e. The van der Waals surface area contributed by atoms with Gasteiger partial charge in [0, 0.05) is 24.4 Å². The van der Waals surface area contributed by atoms with E-state index in [1.165, 1.54) is 43.4 Å². The molecule has 0 spiro atoms. The lowest BCUT2D eigenvalue weighted by Gasteiger charge is -2.30. The predicted octanol–water partition coefficient (Wildman–Crippen LogP) is 3.95. The van der Waals surface area contributed by atoms with Crippen LogP contribution in [-0.4, -0.2) is 40.6 Å². The highest BCUT2D eigenvalue weighted by Gasteiger charge is 2.27. The van der Waals surface area contributed by atoms with E-state index < -0.39 is 5.97 Å². The van der Waals surface area contributed by atoms with E-state index in [0.717, 1.165) is 23.7 Å². The maximum Gasteiger partial charge on any atom is 0.347 e. The van der Waals surface area contributed by atoms with Crippen LogP contribution in [0.4, 0.5) is 0 Å². The van der Waals surface area contributed by atoms with Gasteiger partial charge < -0.3 is 10.0 Å². The summed E-state index contributed by atoms with van der Waals surface area (Å²) in [5.41, 5.74) is 0.498. The number of aromatic nitrogens is 1. The minimum absolute atomic E-state index is 0.224. The average Bonchev–Trinajstić information content (AvgIpc) is 2.90. The van der Waals surface area contributed by atoms with Crippen LogP contribution in [0.1, 0.15) is 73.2 Å². The summed E-state index contributed by atoms with van der Waals surface area (Å²) in [5, 5.41) is 10.3. The molecule has 1 fully saturated rings. The number of hydrogen-bond donors (Lipinski definition) is 1. The highest BCUT2D eigenvalue weighted by molar-refractivity contribution is 7.13. The third kappa shape index (κ3) is 4.29. The lowest BCUT2D eigenvalue weighted by atomic mass is 9.91. The third-order valence-electron chi connectivity index (χ3n) is 4.45. The molecule has 0 unspecified atom stereocenters. The van der Waals surface area contributed by atoms with E-state index in [2.05, 4.69) is 16.9 Å². The first-order valence-corrected chi connectivity index (χ1v) is 9.04. The second kappa shape index (κ2) is 7.09. The van der Waals surface area contributed by atoms with Gasteiger partial charge in [-0.25, -0.2) is 9.78 Å². The molecule has 0 radical (unpaired) electrons. The standard InChI is InChI=1S/C17H28N2O2S/c1-17(2,3)15-14(16(20)21)22-13(18-15)10-11-19(4)12-8-6-5-7-9-12/h12H,5-11H2,1-4H3,(H,20,21). The zero-order valence-electron chi connectivity index (χ0n) is 14.2. The molecule has 124 valence electrons. The van der Waals surface area contributed by atoms with Gasteiger partial charge in [0.15, 0.2) is 0 Å². The van der Waals surface area contributed by atoms with Gasteiger partial charge in [0.1, 0.15) is 4.88 Å². The second-order valence-corrected chi connectivity index (χ2v) is 8.45. The zero-order chi connectivity index (χ0) is 16.3. The monoisotopic (exact) mass is 324 g/mol. The SMILES string of the molecule is CN(CCc1nc(C(C)(C)C)c(C(=O)O)s1)C1CCCCC1. The fourth-order valence-corrected chi connectivity index (χ4v) is 4.20. The highest BCUT2D eigenvalue weighted by atomic mass is 32.1. The van der Waals surface area contributed by atoms with Gasteiger partial charge in [-0.15, -0.1) is 11.3 Å². The molecule has 1 aliphatic carbocycles. The van der Waals surface area contributed by atoms with Gasteiger partial charge in [-0.2, -0.15) is 0 Å². The van der Waals surface area contributed by atoms with Crippen LogP contribution < -0.4 is 0 Å². The third-order valence-corrected chi connectivity index (χ3v) is 5.56. The molecule has 0 saturated heterocycles. The Bertz CT molecular complexity index is 513. The van der Waals surface area contributed by atoms with E-state index in [4.69, 9.17) is 0 Å². The van der Waals surface area contributed by atoms with Gasteiger partial charge in [-0.05, 0) is 19.9 Å². The smallest absolute Gasteiger partial charge is 0.347 e. The molecule has 1 N–H and O–H groups in total. The number of hydrogen-bond acceptors (Lipinski definition) is 4. The number of carboxylic acid groups (broad SMARTS) is 1.